The maximum Gasteiger partial charge on any atom is 0.408 e. The van der Waals surface area contributed by atoms with Gasteiger partial charge >= 0.3 is 12.2 Å². The SMILES string of the molecule is CC(C)(C)OC(=O)N[C@@H](CCCCNC(=O)OCc1ccccc1)C(=O)c1nccs1. The van der Waals surface area contributed by atoms with Gasteiger partial charge < -0.3 is 20.1 Å². The quantitative estimate of drug-likeness (QED) is 0.415. The van der Waals surface area contributed by atoms with E-state index in [1.54, 1.807) is 32.3 Å². The lowest BCUT2D eigenvalue weighted by molar-refractivity contribution is 0.0488. The highest BCUT2D eigenvalue weighted by Gasteiger charge is 2.26. The smallest absolute Gasteiger partial charge is 0.408 e. The fourth-order valence-corrected chi connectivity index (χ4v) is 3.28. The van der Waals surface area contributed by atoms with E-state index >= 15 is 0 Å². The van der Waals surface area contributed by atoms with Crippen LogP contribution in [0, 0.1) is 0 Å². The Morgan fingerprint density at radius 3 is 2.48 bits per heavy atom. The zero-order chi connectivity index (χ0) is 22.7. The molecule has 2 aromatic rings. The van der Waals surface area contributed by atoms with Gasteiger partial charge in [0.2, 0.25) is 5.78 Å². The van der Waals surface area contributed by atoms with E-state index in [9.17, 15) is 14.4 Å². The Labute approximate surface area is 186 Å². The number of ether oxygens (including phenoxy) is 2. The highest BCUT2D eigenvalue weighted by Crippen LogP contribution is 2.13. The van der Waals surface area contributed by atoms with Crippen LogP contribution in [0.4, 0.5) is 9.59 Å². The summed E-state index contributed by atoms with van der Waals surface area (Å²) in [5, 5.41) is 7.38. The van der Waals surface area contributed by atoms with Crippen LogP contribution in [0.5, 0.6) is 0 Å². The van der Waals surface area contributed by atoms with Crippen molar-refractivity contribution in [2.45, 2.75) is 58.3 Å². The van der Waals surface area contributed by atoms with E-state index in [0.29, 0.717) is 30.8 Å². The predicted molar refractivity (Wildman–Crippen MR) is 118 cm³/mol. The molecule has 168 valence electrons. The van der Waals surface area contributed by atoms with Crippen LogP contribution < -0.4 is 10.6 Å². The molecule has 1 heterocycles. The highest BCUT2D eigenvalue weighted by molar-refractivity contribution is 7.11. The van der Waals surface area contributed by atoms with Gasteiger partial charge in [-0.25, -0.2) is 14.6 Å². The summed E-state index contributed by atoms with van der Waals surface area (Å²) in [7, 11) is 0. The Balaban J connectivity index is 1.75. The molecule has 1 aromatic carbocycles. The zero-order valence-electron chi connectivity index (χ0n) is 18.1. The van der Waals surface area contributed by atoms with Gasteiger partial charge in [0.05, 0.1) is 6.04 Å². The molecule has 0 spiro atoms. The molecule has 1 aromatic heterocycles. The molecule has 2 N–H and O–H groups in total. The molecule has 0 saturated carbocycles. The molecule has 0 saturated heterocycles. The first-order chi connectivity index (χ1) is 14.7. The van der Waals surface area contributed by atoms with Gasteiger partial charge in [-0.2, -0.15) is 0 Å². The van der Waals surface area contributed by atoms with Crippen molar-refractivity contribution >= 4 is 29.3 Å². The van der Waals surface area contributed by atoms with Crippen molar-refractivity contribution in [3.8, 4) is 0 Å². The number of carbonyl (C=O) groups excluding carboxylic acids is 3. The van der Waals surface area contributed by atoms with Gasteiger partial charge in [0, 0.05) is 18.1 Å². The van der Waals surface area contributed by atoms with Gasteiger partial charge in [0.25, 0.3) is 0 Å². The minimum atomic E-state index is -0.744. The molecule has 0 bridgehead atoms. The van der Waals surface area contributed by atoms with Crippen molar-refractivity contribution in [3.05, 3.63) is 52.5 Å². The molecule has 2 amide bonds. The summed E-state index contributed by atoms with van der Waals surface area (Å²) >= 11 is 1.22. The third-order valence-electron chi connectivity index (χ3n) is 4.05. The second-order valence-corrected chi connectivity index (χ2v) is 8.78. The van der Waals surface area contributed by atoms with Crippen LogP contribution in [0.1, 0.15) is 55.4 Å². The minimum Gasteiger partial charge on any atom is -0.445 e. The number of benzene rings is 1. The summed E-state index contributed by atoms with van der Waals surface area (Å²) in [6, 6.07) is 8.67. The largest absolute Gasteiger partial charge is 0.445 e. The van der Waals surface area contributed by atoms with Gasteiger partial charge in [-0.1, -0.05) is 30.3 Å². The molecule has 0 unspecified atom stereocenters. The maximum absolute atomic E-state index is 12.7. The summed E-state index contributed by atoms with van der Waals surface area (Å²) < 4.78 is 10.4. The Morgan fingerprint density at radius 1 is 1.10 bits per heavy atom. The second kappa shape index (κ2) is 12.0. The number of hydrogen-bond acceptors (Lipinski definition) is 7. The lowest BCUT2D eigenvalue weighted by Gasteiger charge is -2.22. The predicted octanol–water partition coefficient (Wildman–Crippen LogP) is 4.32. The summed E-state index contributed by atoms with van der Waals surface area (Å²) in [4.78, 5) is 40.6. The number of aromatic nitrogens is 1. The number of rotatable bonds is 10. The number of ketones is 1. The Morgan fingerprint density at radius 2 is 1.84 bits per heavy atom. The number of Topliss-reactive ketones (excluding diaryl/α,β-unsaturated/α-hetero) is 1. The lowest BCUT2D eigenvalue weighted by Crippen LogP contribution is -2.43. The van der Waals surface area contributed by atoms with Crippen LogP contribution in [0.3, 0.4) is 0 Å². The first kappa shape index (κ1) is 24.3. The molecule has 0 fully saturated rings. The van der Waals surface area contributed by atoms with Crippen molar-refractivity contribution in [3.63, 3.8) is 0 Å². The third kappa shape index (κ3) is 9.61. The van der Waals surface area contributed by atoms with Gasteiger partial charge in [-0.3, -0.25) is 4.79 Å². The fraction of sp³-hybridized carbons (Fsp3) is 0.455. The molecule has 0 radical (unpaired) electrons. The van der Waals surface area contributed by atoms with E-state index in [0.717, 1.165) is 5.56 Å². The monoisotopic (exact) mass is 447 g/mol. The van der Waals surface area contributed by atoms with Crippen molar-refractivity contribution in [1.82, 2.24) is 15.6 Å². The first-order valence-electron chi connectivity index (χ1n) is 10.1. The number of nitrogens with zero attached hydrogens (tertiary/aromatic N) is 1. The van der Waals surface area contributed by atoms with Crippen molar-refractivity contribution < 1.29 is 23.9 Å². The minimum absolute atomic E-state index is 0.205. The Hall–Kier alpha value is -2.94. The summed E-state index contributed by atoms with van der Waals surface area (Å²) in [5.41, 5.74) is 0.248. The molecule has 8 nitrogen and oxygen atoms in total. The average Bonchev–Trinajstić information content (AvgIpc) is 3.25. The van der Waals surface area contributed by atoms with Gasteiger partial charge in [-0.15, -0.1) is 11.3 Å². The van der Waals surface area contributed by atoms with E-state index < -0.39 is 23.8 Å². The lowest BCUT2D eigenvalue weighted by atomic mass is 10.1. The Kier molecular flexibility index (Phi) is 9.45. The van der Waals surface area contributed by atoms with E-state index in [-0.39, 0.29) is 12.4 Å². The van der Waals surface area contributed by atoms with Crippen molar-refractivity contribution in [2.75, 3.05) is 6.54 Å². The average molecular weight is 448 g/mol. The number of hydrogen-bond donors (Lipinski definition) is 2. The highest BCUT2D eigenvalue weighted by atomic mass is 32.1. The van der Waals surface area contributed by atoms with Crippen LogP contribution in [-0.2, 0) is 16.1 Å². The van der Waals surface area contributed by atoms with Crippen LogP contribution in [0.15, 0.2) is 41.9 Å². The van der Waals surface area contributed by atoms with Crippen molar-refractivity contribution in [1.29, 1.82) is 0 Å². The first-order valence-corrected chi connectivity index (χ1v) is 11.0. The maximum atomic E-state index is 12.7. The molecule has 0 aliphatic heterocycles. The van der Waals surface area contributed by atoms with E-state index in [4.69, 9.17) is 9.47 Å². The van der Waals surface area contributed by atoms with Crippen LogP contribution in [-0.4, -0.2) is 41.1 Å². The number of thiazole rings is 1. The molecule has 2 rings (SSSR count). The normalized spacial score (nSPS) is 12.0. The molecular formula is C22H29N3O5S. The summed E-state index contributed by atoms with van der Waals surface area (Å²) in [6.07, 6.45) is 2.04. The number of unbranched alkanes of at least 4 members (excludes halogenated alkanes) is 1. The molecular weight excluding hydrogens is 418 g/mol. The fourth-order valence-electron chi connectivity index (χ4n) is 2.65. The molecule has 0 aliphatic carbocycles. The third-order valence-corrected chi connectivity index (χ3v) is 4.84. The van der Waals surface area contributed by atoms with E-state index in [2.05, 4.69) is 15.6 Å². The van der Waals surface area contributed by atoms with Gasteiger partial charge in [0.1, 0.15) is 12.2 Å². The molecule has 0 aliphatic rings. The molecule has 9 heteroatoms. The van der Waals surface area contributed by atoms with Crippen LogP contribution in [0.2, 0.25) is 0 Å². The van der Waals surface area contributed by atoms with E-state index in [1.165, 1.54) is 11.3 Å². The van der Waals surface area contributed by atoms with Crippen LogP contribution in [0.25, 0.3) is 0 Å². The summed E-state index contributed by atoms with van der Waals surface area (Å²) in [5.74, 6) is -0.254. The molecule has 31 heavy (non-hydrogen) atoms. The molecule has 1 atom stereocenters. The number of alkyl carbamates (subject to hydrolysis) is 2. The van der Waals surface area contributed by atoms with Crippen molar-refractivity contribution in [2.24, 2.45) is 0 Å². The number of amides is 2. The summed E-state index contributed by atoms with van der Waals surface area (Å²) in [6.45, 7) is 5.88. The zero-order valence-corrected chi connectivity index (χ0v) is 18.9. The number of carbonyl (C=O) groups is 3. The van der Waals surface area contributed by atoms with Gasteiger partial charge in [0.15, 0.2) is 5.01 Å². The topological polar surface area (TPSA) is 107 Å². The number of nitrogens with one attached hydrogen (secondary N) is 2. The standard InChI is InChI=1S/C22H29N3O5S/c1-22(2,3)30-21(28)25-17(18(26)19-23-13-14-31-19)11-7-8-12-24-20(27)29-15-16-9-5-4-6-10-16/h4-6,9-10,13-14,17H,7-8,11-12,15H2,1-3H3,(H,24,27)(H,25,28)/t17-/m0/s1. The van der Waals surface area contributed by atoms with Crippen LogP contribution >= 0.6 is 11.3 Å². The second-order valence-electron chi connectivity index (χ2n) is 7.88. The Bertz CT molecular complexity index is 835. The van der Waals surface area contributed by atoms with Gasteiger partial charge in [-0.05, 0) is 45.6 Å². The van der Waals surface area contributed by atoms with E-state index in [1.807, 2.05) is 30.3 Å².